The average molecular weight is 1340 g/mol. The maximum atomic E-state index is 13.7. The molecule has 0 aromatic heterocycles. The number of aliphatic hydroxyl groups is 14. The fraction of sp³-hybridized carbons (Fsp3) is 0.984. The molecule has 90 heavy (non-hydrogen) atoms. The molecule has 0 bridgehead atoms. The second-order valence-corrected chi connectivity index (χ2v) is 28.3. The third kappa shape index (κ3) is 31.1. The first-order chi connectivity index (χ1) is 42.9. The fourth-order valence-electron chi connectivity index (χ4n) is 12.0. The summed E-state index contributed by atoms with van der Waals surface area (Å²) in [6, 6.07) is -1.56. The van der Waals surface area contributed by atoms with Crippen molar-refractivity contribution < 1.29 is 123 Å². The lowest BCUT2D eigenvalue weighted by Gasteiger charge is -2.48. The highest BCUT2D eigenvalue weighted by Gasteiger charge is 2.55. The molecule has 2 aliphatic carbocycles. The first-order valence-electron chi connectivity index (χ1n) is 34.3. The van der Waals surface area contributed by atoms with Crippen LogP contribution in [-0.2, 0) is 41.5 Å². The first kappa shape index (κ1) is 83.3. The molecule has 0 aromatic carbocycles. The number of hydrogen-bond donors (Lipinski definition) is 15. The van der Waals surface area contributed by atoms with Gasteiger partial charge in [-0.3, -0.25) is 13.9 Å². The van der Waals surface area contributed by atoms with E-state index < -0.39 is 157 Å². The molecule has 3 aliphatic rings. The van der Waals surface area contributed by atoms with Crippen LogP contribution in [0.5, 0.6) is 0 Å². The third-order valence-electron chi connectivity index (χ3n) is 17.9. The van der Waals surface area contributed by atoms with Crippen molar-refractivity contribution in [3.05, 3.63) is 0 Å². The Morgan fingerprint density at radius 2 is 0.744 bits per heavy atom. The summed E-state index contributed by atoms with van der Waals surface area (Å²) in [5.41, 5.74) is 0. The minimum atomic E-state index is -5.86. The van der Waals surface area contributed by atoms with Crippen molar-refractivity contribution in [1.82, 2.24) is 5.32 Å². The molecule has 0 spiro atoms. The second-order valence-electron chi connectivity index (χ2n) is 25.6. The largest absolute Gasteiger partial charge is 0.756 e. The van der Waals surface area contributed by atoms with Gasteiger partial charge in [0.1, 0.15) is 104 Å². The Bertz CT molecular complexity index is 1920. The molecule has 1 aliphatic heterocycles. The van der Waals surface area contributed by atoms with Gasteiger partial charge in [0.2, 0.25) is 5.91 Å². The zero-order chi connectivity index (χ0) is 66.7. The molecule has 2 saturated carbocycles. The highest BCUT2D eigenvalue weighted by atomic mass is 31.2. The number of carbonyl (C=O) groups is 1. The Balaban J connectivity index is 1.56. The molecule has 0 radical (unpaired) electrons. The maximum absolute atomic E-state index is 13.7. The summed E-state index contributed by atoms with van der Waals surface area (Å²) >= 11 is 0. The first-order valence-corrected chi connectivity index (χ1v) is 37.2. The van der Waals surface area contributed by atoms with E-state index in [1.807, 2.05) is 0 Å². The summed E-state index contributed by atoms with van der Waals surface area (Å²) in [7, 11) is -11.6. The van der Waals surface area contributed by atoms with E-state index in [1.165, 1.54) is 148 Å². The molecule has 26 nitrogen and oxygen atoms in total. The van der Waals surface area contributed by atoms with Gasteiger partial charge in [-0.1, -0.05) is 232 Å². The van der Waals surface area contributed by atoms with Crippen molar-refractivity contribution in [2.24, 2.45) is 0 Å². The summed E-state index contributed by atoms with van der Waals surface area (Å²) in [6.07, 6.45) is -1.61. The minimum absolute atomic E-state index is 0.00245. The molecular weight excluding hydrogens is 1220 g/mol. The van der Waals surface area contributed by atoms with Crippen molar-refractivity contribution in [2.45, 2.75) is 374 Å². The zero-order valence-electron chi connectivity index (χ0n) is 53.8. The summed E-state index contributed by atoms with van der Waals surface area (Å²) < 4.78 is 57.1. The lowest BCUT2D eigenvalue weighted by molar-refractivity contribution is -0.342. The Labute approximate surface area is 534 Å². The van der Waals surface area contributed by atoms with E-state index in [9.17, 15) is 95.2 Å². The Hall–Kier alpha value is -0.950. The van der Waals surface area contributed by atoms with E-state index in [4.69, 9.17) is 23.0 Å². The molecule has 3 fully saturated rings. The van der Waals surface area contributed by atoms with Gasteiger partial charge in [0.25, 0.3) is 15.6 Å². The predicted octanol–water partition coefficient (Wildman–Crippen LogP) is 3.88. The van der Waals surface area contributed by atoms with Crippen LogP contribution in [0.3, 0.4) is 0 Å². The molecule has 22 atom stereocenters. The second kappa shape index (κ2) is 46.3. The number of unbranched alkanes of at least 4 members (excludes halogenated alkanes) is 33. The van der Waals surface area contributed by atoms with Crippen LogP contribution in [-0.4, -0.2) is 213 Å². The summed E-state index contributed by atoms with van der Waals surface area (Å²) in [6.45, 7) is 2.07. The van der Waals surface area contributed by atoms with Gasteiger partial charge in [-0.25, -0.2) is 0 Å². The van der Waals surface area contributed by atoms with E-state index in [2.05, 4.69) is 23.7 Å². The molecular formula is C62H119NO25P2-2. The van der Waals surface area contributed by atoms with E-state index in [0.717, 1.165) is 64.2 Å². The highest BCUT2D eigenvalue weighted by Crippen LogP contribution is 2.46. The number of nitrogens with one attached hydrogen (secondary N) is 1. The average Bonchev–Trinajstić information content (AvgIpc) is 0.880. The summed E-state index contributed by atoms with van der Waals surface area (Å²) in [5.74, 6) is -0.573. The van der Waals surface area contributed by atoms with Crippen molar-refractivity contribution >= 4 is 21.6 Å². The van der Waals surface area contributed by atoms with Crippen LogP contribution in [0.4, 0.5) is 0 Å². The van der Waals surface area contributed by atoms with Crippen LogP contribution >= 0.6 is 15.6 Å². The molecule has 0 aromatic rings. The van der Waals surface area contributed by atoms with Crippen LogP contribution in [0.25, 0.3) is 0 Å². The number of ether oxygens (including phenoxy) is 2. The predicted molar refractivity (Wildman–Crippen MR) is 329 cm³/mol. The van der Waals surface area contributed by atoms with Gasteiger partial charge in [-0.2, -0.15) is 0 Å². The van der Waals surface area contributed by atoms with Gasteiger partial charge in [-0.15, -0.1) is 0 Å². The number of carbonyl (C=O) groups excluding carboxylic acids is 1. The topological polar surface area (TPSA) is 448 Å². The fourth-order valence-corrected chi connectivity index (χ4v) is 13.9. The Morgan fingerprint density at radius 1 is 0.422 bits per heavy atom. The minimum Gasteiger partial charge on any atom is -0.756 e. The molecule has 3 rings (SSSR count). The quantitative estimate of drug-likeness (QED) is 0.0303. The van der Waals surface area contributed by atoms with Crippen LogP contribution in [0.1, 0.15) is 251 Å². The monoisotopic (exact) mass is 1340 g/mol. The van der Waals surface area contributed by atoms with Crippen LogP contribution in [0.2, 0.25) is 0 Å². The number of hydrogen-bond acceptors (Lipinski definition) is 25. The number of phosphoric acid groups is 2. The molecule has 1 amide bonds. The van der Waals surface area contributed by atoms with Gasteiger partial charge < -0.3 is 114 Å². The lowest BCUT2D eigenvalue weighted by Crippen LogP contribution is -2.67. The van der Waals surface area contributed by atoms with E-state index >= 15 is 0 Å². The SMILES string of the molecule is CCCCCCCCCCCCCCCCCCCCCCCCCC(=O)N[C@@H](COP(=O)([O-])O[C@@H]1[C@H](O)[C@H](O)[C@@H](O)[C@H](O)[C@H]1OC1O[C@H](COP(=O)([O-])OC2[C@H](O)[C@H](O)C(O)[C@H](O)[C@H]2O)[C@@H](O)[C@H](O)[C@@H]1O)[C@H](O)[C@H](O)CCCCCCCCCCCCCC. The van der Waals surface area contributed by atoms with Crippen molar-refractivity contribution in [3.63, 3.8) is 0 Å². The number of phosphoric ester groups is 2. The maximum Gasteiger partial charge on any atom is 0.268 e. The van der Waals surface area contributed by atoms with Crippen molar-refractivity contribution in [1.29, 1.82) is 0 Å². The number of rotatable bonds is 52. The van der Waals surface area contributed by atoms with Crippen LogP contribution < -0.4 is 15.1 Å². The highest BCUT2D eigenvalue weighted by molar-refractivity contribution is 7.46. The van der Waals surface area contributed by atoms with Gasteiger partial charge in [0.15, 0.2) is 6.29 Å². The molecule has 1 saturated heterocycles. The summed E-state index contributed by atoms with van der Waals surface area (Å²) in [4.78, 5) is 39.9. The van der Waals surface area contributed by atoms with Gasteiger partial charge in [0, 0.05) is 6.42 Å². The molecule has 5 unspecified atom stereocenters. The smallest absolute Gasteiger partial charge is 0.268 e. The van der Waals surface area contributed by atoms with Crippen LogP contribution in [0.15, 0.2) is 0 Å². The van der Waals surface area contributed by atoms with Crippen LogP contribution in [0, 0.1) is 0 Å². The van der Waals surface area contributed by atoms with E-state index in [-0.39, 0.29) is 12.8 Å². The zero-order valence-corrected chi connectivity index (χ0v) is 55.6. The molecule has 534 valence electrons. The summed E-state index contributed by atoms with van der Waals surface area (Å²) in [5, 5.41) is 151. The Morgan fingerprint density at radius 3 is 1.16 bits per heavy atom. The molecule has 15 N–H and O–H groups in total. The van der Waals surface area contributed by atoms with Gasteiger partial charge in [0.05, 0.1) is 25.4 Å². The standard InChI is InChI=1S/C62H121NO25P2/c1-3-5-7-9-11-13-15-17-18-19-20-21-22-23-24-25-26-27-29-31-33-35-37-39-45(65)63-42(46(66)43(64)38-36-34-32-30-28-16-14-12-10-8-6-4-2)40-83-89(79,80)88-61-57(77)53(73)52(72)56(76)60(61)86-62-58(78)48(68)47(67)44(85-62)41-84-90(81,82)87-59-54(74)50(70)49(69)51(71)55(59)75/h42-44,46-62,64,66-78H,3-41H2,1-2H3,(H,63,65)(H,79,80)(H,81,82)/p-2/t42-,43+,44+,46-,47+,48-,49?,50-,51+,52+,53+,54+,55+,56-,57+,58-,59?,60+,61+,62?/m0/s1. The van der Waals surface area contributed by atoms with Crippen molar-refractivity contribution in [3.8, 4) is 0 Å². The normalized spacial score (nSPS) is 31.4. The lowest BCUT2D eigenvalue weighted by atomic mass is 9.84. The van der Waals surface area contributed by atoms with Gasteiger partial charge >= 0.3 is 0 Å². The number of amides is 1. The number of aliphatic hydroxyl groups excluding tert-OH is 14. The van der Waals surface area contributed by atoms with E-state index in [1.54, 1.807) is 0 Å². The Kier molecular flexibility index (Phi) is 42.8. The van der Waals surface area contributed by atoms with Gasteiger partial charge in [-0.05, 0) is 12.8 Å². The van der Waals surface area contributed by atoms with E-state index in [0.29, 0.717) is 12.8 Å². The molecule has 1 heterocycles. The third-order valence-corrected chi connectivity index (χ3v) is 19.8. The van der Waals surface area contributed by atoms with Crippen molar-refractivity contribution in [2.75, 3.05) is 13.2 Å². The molecule has 28 heteroatoms.